The van der Waals surface area contributed by atoms with Crippen molar-refractivity contribution < 1.29 is 4.74 Å². The number of benzene rings is 1. The minimum atomic E-state index is 0.495. The largest absolute Gasteiger partial charge is 0.379 e. The number of hydrogen-bond acceptors (Lipinski definition) is 2. The van der Waals surface area contributed by atoms with Gasteiger partial charge in [-0.1, -0.05) is 18.2 Å². The fourth-order valence-electron chi connectivity index (χ4n) is 2.88. The van der Waals surface area contributed by atoms with Crippen molar-refractivity contribution in [1.29, 1.82) is 0 Å². The predicted molar refractivity (Wildman–Crippen MR) is 73.8 cm³/mol. The summed E-state index contributed by atoms with van der Waals surface area (Å²) in [7, 11) is 2.00. The van der Waals surface area contributed by atoms with Crippen molar-refractivity contribution in [2.75, 3.05) is 20.3 Å². The van der Waals surface area contributed by atoms with E-state index < -0.39 is 0 Å². The molecule has 3 rings (SSSR count). The van der Waals surface area contributed by atoms with Gasteiger partial charge in [0.15, 0.2) is 0 Å². The van der Waals surface area contributed by atoms with Crippen LogP contribution >= 0.6 is 0 Å². The molecule has 0 amide bonds. The Hall–Kier alpha value is -1.32. The molecule has 18 heavy (non-hydrogen) atoms. The first-order valence-electron chi connectivity index (χ1n) is 6.71. The molecule has 2 aromatic rings. The SMILES string of the molecule is CNCc1cccc2ccn(C3CCCOC3)c12. The van der Waals surface area contributed by atoms with E-state index in [1.807, 2.05) is 7.05 Å². The van der Waals surface area contributed by atoms with Crippen molar-refractivity contribution in [3.63, 3.8) is 0 Å². The number of fused-ring (bicyclic) bond motifs is 1. The van der Waals surface area contributed by atoms with Crippen molar-refractivity contribution in [2.24, 2.45) is 0 Å². The lowest BCUT2D eigenvalue weighted by molar-refractivity contribution is 0.0606. The fourth-order valence-corrected chi connectivity index (χ4v) is 2.88. The molecule has 0 spiro atoms. The lowest BCUT2D eigenvalue weighted by Crippen LogP contribution is -2.21. The molecule has 1 aliphatic heterocycles. The second kappa shape index (κ2) is 5.12. The fraction of sp³-hybridized carbons (Fsp3) is 0.467. The number of rotatable bonds is 3. The summed E-state index contributed by atoms with van der Waals surface area (Å²) in [6, 6.07) is 9.24. The van der Waals surface area contributed by atoms with Crippen LogP contribution in [0.25, 0.3) is 10.9 Å². The van der Waals surface area contributed by atoms with E-state index in [2.05, 4.69) is 40.3 Å². The normalized spacial score (nSPS) is 20.4. The molecule has 0 radical (unpaired) electrons. The zero-order valence-corrected chi connectivity index (χ0v) is 10.9. The molecule has 1 saturated heterocycles. The third-order valence-electron chi connectivity index (χ3n) is 3.72. The topological polar surface area (TPSA) is 26.2 Å². The monoisotopic (exact) mass is 244 g/mol. The van der Waals surface area contributed by atoms with Gasteiger partial charge in [0, 0.05) is 19.3 Å². The average molecular weight is 244 g/mol. The highest BCUT2D eigenvalue weighted by Gasteiger charge is 2.18. The van der Waals surface area contributed by atoms with Crippen LogP contribution in [0.15, 0.2) is 30.5 Å². The van der Waals surface area contributed by atoms with Gasteiger partial charge in [-0.2, -0.15) is 0 Å². The van der Waals surface area contributed by atoms with E-state index in [-0.39, 0.29) is 0 Å². The molecule has 1 aromatic carbocycles. The summed E-state index contributed by atoms with van der Waals surface area (Å²) in [6.45, 7) is 2.67. The molecule has 0 aliphatic carbocycles. The first-order valence-corrected chi connectivity index (χ1v) is 6.71. The summed E-state index contributed by atoms with van der Waals surface area (Å²) >= 11 is 0. The Morgan fingerprint density at radius 1 is 1.39 bits per heavy atom. The highest BCUT2D eigenvalue weighted by molar-refractivity contribution is 5.83. The molecule has 2 heterocycles. The molecule has 3 heteroatoms. The molecule has 1 unspecified atom stereocenters. The summed E-state index contributed by atoms with van der Waals surface area (Å²) < 4.78 is 8.02. The summed E-state index contributed by atoms with van der Waals surface area (Å²) in [5.74, 6) is 0. The van der Waals surface area contributed by atoms with Gasteiger partial charge in [-0.25, -0.2) is 0 Å². The van der Waals surface area contributed by atoms with Crippen molar-refractivity contribution in [1.82, 2.24) is 9.88 Å². The Morgan fingerprint density at radius 2 is 2.33 bits per heavy atom. The van der Waals surface area contributed by atoms with Gasteiger partial charge in [-0.3, -0.25) is 0 Å². The third-order valence-corrected chi connectivity index (χ3v) is 3.72. The van der Waals surface area contributed by atoms with Crippen LogP contribution < -0.4 is 5.32 Å². The van der Waals surface area contributed by atoms with Gasteiger partial charge < -0.3 is 14.6 Å². The quantitative estimate of drug-likeness (QED) is 0.898. The van der Waals surface area contributed by atoms with E-state index in [0.29, 0.717) is 6.04 Å². The Bertz CT molecular complexity index is 526. The van der Waals surface area contributed by atoms with Crippen LogP contribution in [0.2, 0.25) is 0 Å². The van der Waals surface area contributed by atoms with Crippen LogP contribution in [-0.2, 0) is 11.3 Å². The molecule has 1 N–H and O–H groups in total. The molecular formula is C15H20N2O. The molecule has 1 aliphatic rings. The van der Waals surface area contributed by atoms with Gasteiger partial charge in [0.2, 0.25) is 0 Å². The number of ether oxygens (including phenoxy) is 1. The van der Waals surface area contributed by atoms with Gasteiger partial charge in [0.25, 0.3) is 0 Å². The van der Waals surface area contributed by atoms with Crippen molar-refractivity contribution in [2.45, 2.75) is 25.4 Å². The summed E-state index contributed by atoms with van der Waals surface area (Å²) in [5, 5.41) is 4.58. The van der Waals surface area contributed by atoms with Crippen LogP contribution in [0.3, 0.4) is 0 Å². The van der Waals surface area contributed by atoms with Crippen LogP contribution in [0, 0.1) is 0 Å². The number of para-hydroxylation sites is 1. The smallest absolute Gasteiger partial charge is 0.0673 e. The Morgan fingerprint density at radius 3 is 3.11 bits per heavy atom. The molecule has 3 nitrogen and oxygen atoms in total. The lowest BCUT2D eigenvalue weighted by atomic mass is 10.1. The standard InChI is InChI=1S/C15H20N2O/c1-16-10-13-5-2-4-12-7-8-17(15(12)13)14-6-3-9-18-11-14/h2,4-5,7-8,14,16H,3,6,9-11H2,1H3. The van der Waals surface area contributed by atoms with E-state index >= 15 is 0 Å². The molecule has 1 aromatic heterocycles. The Kier molecular flexibility index (Phi) is 3.35. The van der Waals surface area contributed by atoms with E-state index in [9.17, 15) is 0 Å². The first kappa shape index (κ1) is 11.8. The second-order valence-electron chi connectivity index (χ2n) is 4.98. The van der Waals surface area contributed by atoms with Gasteiger partial charge in [0.1, 0.15) is 0 Å². The van der Waals surface area contributed by atoms with Crippen LogP contribution in [0.1, 0.15) is 24.4 Å². The van der Waals surface area contributed by atoms with Crippen molar-refractivity contribution in [3.8, 4) is 0 Å². The van der Waals surface area contributed by atoms with E-state index in [1.54, 1.807) is 0 Å². The Labute approximate surface area is 108 Å². The first-order chi connectivity index (χ1) is 8.90. The molecule has 1 fully saturated rings. The maximum Gasteiger partial charge on any atom is 0.0673 e. The second-order valence-corrected chi connectivity index (χ2v) is 4.98. The summed E-state index contributed by atoms with van der Waals surface area (Å²) in [4.78, 5) is 0. The van der Waals surface area contributed by atoms with E-state index in [0.717, 1.165) is 19.8 Å². The van der Waals surface area contributed by atoms with Crippen molar-refractivity contribution in [3.05, 3.63) is 36.0 Å². The number of aromatic nitrogens is 1. The molecular weight excluding hydrogens is 224 g/mol. The number of hydrogen-bond donors (Lipinski definition) is 1. The van der Waals surface area contributed by atoms with Crippen molar-refractivity contribution >= 4 is 10.9 Å². The average Bonchev–Trinajstić information content (AvgIpc) is 2.85. The maximum atomic E-state index is 5.62. The molecule has 96 valence electrons. The molecule has 0 saturated carbocycles. The van der Waals surface area contributed by atoms with Gasteiger partial charge in [0.05, 0.1) is 18.2 Å². The summed E-state index contributed by atoms with van der Waals surface area (Å²) in [5.41, 5.74) is 2.73. The van der Waals surface area contributed by atoms with Gasteiger partial charge in [-0.15, -0.1) is 0 Å². The Balaban J connectivity index is 2.05. The predicted octanol–water partition coefficient (Wildman–Crippen LogP) is 2.71. The minimum absolute atomic E-state index is 0.495. The minimum Gasteiger partial charge on any atom is -0.379 e. The van der Waals surface area contributed by atoms with Gasteiger partial charge in [-0.05, 0) is 36.9 Å². The van der Waals surface area contributed by atoms with Crippen LogP contribution in [0.4, 0.5) is 0 Å². The van der Waals surface area contributed by atoms with Crippen LogP contribution in [-0.4, -0.2) is 24.8 Å². The summed E-state index contributed by atoms with van der Waals surface area (Å²) in [6.07, 6.45) is 4.60. The zero-order valence-electron chi connectivity index (χ0n) is 10.9. The third kappa shape index (κ3) is 2.04. The molecule has 1 atom stereocenters. The van der Waals surface area contributed by atoms with E-state index in [1.165, 1.54) is 29.3 Å². The molecule has 0 bridgehead atoms. The lowest BCUT2D eigenvalue weighted by Gasteiger charge is -2.25. The zero-order chi connectivity index (χ0) is 12.4. The van der Waals surface area contributed by atoms with Gasteiger partial charge >= 0.3 is 0 Å². The number of nitrogens with one attached hydrogen (secondary N) is 1. The van der Waals surface area contributed by atoms with E-state index in [4.69, 9.17) is 4.74 Å². The highest BCUT2D eigenvalue weighted by atomic mass is 16.5. The highest BCUT2D eigenvalue weighted by Crippen LogP contribution is 2.28. The maximum absolute atomic E-state index is 5.62. The van der Waals surface area contributed by atoms with Crippen LogP contribution in [0.5, 0.6) is 0 Å². The number of nitrogens with zero attached hydrogens (tertiary/aromatic N) is 1.